The normalized spacial score (nSPS) is 23.1. The van der Waals surface area contributed by atoms with Gasteiger partial charge in [-0.25, -0.2) is 0 Å². The molecule has 1 fully saturated rings. The van der Waals surface area contributed by atoms with E-state index in [2.05, 4.69) is 41.9 Å². The minimum atomic E-state index is -0.0147. The van der Waals surface area contributed by atoms with Crippen LogP contribution in [0.3, 0.4) is 0 Å². The summed E-state index contributed by atoms with van der Waals surface area (Å²) >= 11 is 1.87. The fourth-order valence-corrected chi connectivity index (χ4v) is 5.56. The Labute approximate surface area is 177 Å². The molecule has 0 saturated carbocycles. The largest absolute Gasteiger partial charge is 0.490 e. The molecule has 5 nitrogen and oxygen atoms in total. The Bertz CT molecular complexity index is 887. The van der Waals surface area contributed by atoms with Crippen LogP contribution in [0.1, 0.15) is 56.1 Å². The highest BCUT2D eigenvalue weighted by atomic mass is 32.2. The molecule has 6 heteroatoms. The van der Waals surface area contributed by atoms with E-state index in [1.165, 1.54) is 11.1 Å². The number of amidine groups is 1. The number of hydrogen-bond donors (Lipinski definition) is 0. The lowest BCUT2D eigenvalue weighted by molar-refractivity contribution is 0.251. The molecule has 0 spiro atoms. The van der Waals surface area contributed by atoms with Crippen LogP contribution in [0.2, 0.25) is 0 Å². The zero-order chi connectivity index (χ0) is 20.4. The van der Waals surface area contributed by atoms with Crippen molar-refractivity contribution >= 4 is 16.9 Å². The molecule has 1 saturated heterocycles. The first kappa shape index (κ1) is 20.1. The number of nitrogens with zero attached hydrogens (tertiary/aromatic N) is 3. The number of aromatic nitrogens is 1. The molecule has 0 unspecified atom stereocenters. The van der Waals surface area contributed by atoms with E-state index in [0.29, 0.717) is 19.3 Å². The molecule has 2 aliphatic rings. The molecular weight excluding hydrogens is 382 g/mol. The van der Waals surface area contributed by atoms with Gasteiger partial charge in [0, 0.05) is 18.0 Å². The zero-order valence-corrected chi connectivity index (χ0v) is 18.4. The number of aliphatic imine (C=N–C) groups is 1. The van der Waals surface area contributed by atoms with Crippen molar-refractivity contribution in [1.29, 1.82) is 0 Å². The Morgan fingerprint density at radius 3 is 2.52 bits per heavy atom. The van der Waals surface area contributed by atoms with E-state index in [1.807, 2.05) is 43.9 Å². The van der Waals surface area contributed by atoms with Gasteiger partial charge in [-0.05, 0) is 62.6 Å². The van der Waals surface area contributed by atoms with Crippen molar-refractivity contribution in [3.8, 4) is 11.5 Å². The monoisotopic (exact) mass is 411 g/mol. The number of aryl methyl sites for hydroxylation is 1. The lowest BCUT2D eigenvalue weighted by Crippen LogP contribution is -2.35. The SMILES string of the molecule is CCOc1cc(C)c([C@@H]2[C@@H](c3ccccn3)N=C3SC[C@H](CC)N32)cc1OCC. The molecule has 1 aromatic heterocycles. The van der Waals surface area contributed by atoms with Crippen LogP contribution in [0, 0.1) is 6.92 Å². The molecule has 29 heavy (non-hydrogen) atoms. The molecule has 0 N–H and O–H groups in total. The van der Waals surface area contributed by atoms with Gasteiger partial charge in [0.1, 0.15) is 6.04 Å². The highest BCUT2D eigenvalue weighted by Crippen LogP contribution is 2.50. The van der Waals surface area contributed by atoms with Gasteiger partial charge in [0.2, 0.25) is 0 Å². The van der Waals surface area contributed by atoms with Gasteiger partial charge in [0.25, 0.3) is 0 Å². The van der Waals surface area contributed by atoms with Crippen molar-refractivity contribution in [3.05, 3.63) is 53.3 Å². The average molecular weight is 412 g/mol. The summed E-state index contributed by atoms with van der Waals surface area (Å²) in [5, 5.41) is 1.14. The van der Waals surface area contributed by atoms with Crippen LogP contribution in [0.4, 0.5) is 0 Å². The van der Waals surface area contributed by atoms with Crippen molar-refractivity contribution < 1.29 is 9.47 Å². The van der Waals surface area contributed by atoms with Gasteiger partial charge in [-0.3, -0.25) is 9.98 Å². The van der Waals surface area contributed by atoms with Gasteiger partial charge < -0.3 is 14.4 Å². The molecule has 2 aromatic rings. The summed E-state index contributed by atoms with van der Waals surface area (Å²) in [6.07, 6.45) is 2.96. The third-order valence-electron chi connectivity index (χ3n) is 5.58. The predicted molar refractivity (Wildman–Crippen MR) is 119 cm³/mol. The first-order valence-corrected chi connectivity index (χ1v) is 11.5. The van der Waals surface area contributed by atoms with E-state index in [0.717, 1.165) is 34.5 Å². The van der Waals surface area contributed by atoms with Crippen LogP contribution in [0.5, 0.6) is 11.5 Å². The Morgan fingerprint density at radius 2 is 1.86 bits per heavy atom. The van der Waals surface area contributed by atoms with Gasteiger partial charge in [0.05, 0.1) is 24.9 Å². The van der Waals surface area contributed by atoms with Crippen molar-refractivity contribution in [2.45, 2.75) is 52.2 Å². The quantitative estimate of drug-likeness (QED) is 0.629. The Hall–Kier alpha value is -2.21. The second kappa shape index (κ2) is 8.66. The fraction of sp³-hybridized carbons (Fsp3) is 0.478. The molecule has 0 aliphatic carbocycles. The summed E-state index contributed by atoms with van der Waals surface area (Å²) in [5.41, 5.74) is 3.46. The molecule has 3 atom stereocenters. The Kier molecular flexibility index (Phi) is 5.99. The number of benzene rings is 1. The average Bonchev–Trinajstić information content (AvgIpc) is 3.30. The first-order chi connectivity index (χ1) is 14.2. The molecule has 2 aliphatic heterocycles. The number of rotatable bonds is 7. The van der Waals surface area contributed by atoms with E-state index in [1.54, 1.807) is 0 Å². The van der Waals surface area contributed by atoms with Gasteiger partial charge in [0.15, 0.2) is 16.7 Å². The fourth-order valence-electron chi connectivity index (χ4n) is 4.22. The second-order valence-electron chi connectivity index (χ2n) is 7.36. The number of thioether (sulfide) groups is 1. The smallest absolute Gasteiger partial charge is 0.161 e. The molecule has 1 aromatic carbocycles. The van der Waals surface area contributed by atoms with Crippen LogP contribution in [-0.2, 0) is 0 Å². The lowest BCUT2D eigenvalue weighted by atomic mass is 9.91. The highest BCUT2D eigenvalue weighted by Gasteiger charge is 2.46. The van der Waals surface area contributed by atoms with Crippen LogP contribution < -0.4 is 9.47 Å². The van der Waals surface area contributed by atoms with E-state index in [9.17, 15) is 0 Å². The zero-order valence-electron chi connectivity index (χ0n) is 17.6. The lowest BCUT2D eigenvalue weighted by Gasteiger charge is -2.33. The third-order valence-corrected chi connectivity index (χ3v) is 6.71. The maximum atomic E-state index is 5.95. The molecular formula is C23H29N3O2S. The van der Waals surface area contributed by atoms with Crippen molar-refractivity contribution in [2.24, 2.45) is 4.99 Å². The van der Waals surface area contributed by atoms with Gasteiger partial charge in [-0.15, -0.1) is 0 Å². The predicted octanol–water partition coefficient (Wildman–Crippen LogP) is 5.17. The molecule has 0 radical (unpaired) electrons. The summed E-state index contributed by atoms with van der Waals surface area (Å²) in [6, 6.07) is 11.0. The standard InChI is InChI=1S/C23H29N3O2S/c1-5-16-14-29-23-25-21(18-10-8-9-11-24-18)22(26(16)23)17-13-20(28-7-3)19(27-6-2)12-15(17)4/h8-13,16,21-22H,5-7,14H2,1-4H3/t16-,21+,22+/m0/s1. The number of pyridine rings is 1. The van der Waals surface area contributed by atoms with Gasteiger partial charge in [-0.1, -0.05) is 24.8 Å². The van der Waals surface area contributed by atoms with Crippen molar-refractivity contribution in [3.63, 3.8) is 0 Å². The van der Waals surface area contributed by atoms with E-state index in [-0.39, 0.29) is 12.1 Å². The minimum absolute atomic E-state index is 0.0147. The van der Waals surface area contributed by atoms with E-state index in [4.69, 9.17) is 14.5 Å². The summed E-state index contributed by atoms with van der Waals surface area (Å²) < 4.78 is 11.8. The van der Waals surface area contributed by atoms with Crippen LogP contribution in [-0.4, -0.2) is 40.1 Å². The highest BCUT2D eigenvalue weighted by molar-refractivity contribution is 8.14. The third kappa shape index (κ3) is 3.70. The summed E-state index contributed by atoms with van der Waals surface area (Å²) in [6.45, 7) is 9.65. The number of ether oxygens (including phenoxy) is 2. The summed E-state index contributed by atoms with van der Waals surface area (Å²) in [4.78, 5) is 12.3. The van der Waals surface area contributed by atoms with Crippen molar-refractivity contribution in [1.82, 2.24) is 9.88 Å². The molecule has 0 amide bonds. The second-order valence-corrected chi connectivity index (χ2v) is 8.35. The van der Waals surface area contributed by atoms with E-state index < -0.39 is 0 Å². The Balaban J connectivity index is 1.82. The van der Waals surface area contributed by atoms with Gasteiger partial charge in [-0.2, -0.15) is 0 Å². The van der Waals surface area contributed by atoms with E-state index >= 15 is 0 Å². The van der Waals surface area contributed by atoms with Crippen LogP contribution in [0.25, 0.3) is 0 Å². The first-order valence-electron chi connectivity index (χ1n) is 10.5. The van der Waals surface area contributed by atoms with Crippen LogP contribution in [0.15, 0.2) is 41.5 Å². The maximum absolute atomic E-state index is 5.95. The van der Waals surface area contributed by atoms with Crippen LogP contribution >= 0.6 is 11.8 Å². The molecule has 3 heterocycles. The minimum Gasteiger partial charge on any atom is -0.490 e. The number of hydrogen-bond acceptors (Lipinski definition) is 6. The Morgan fingerprint density at radius 1 is 1.10 bits per heavy atom. The maximum Gasteiger partial charge on any atom is 0.161 e. The molecule has 154 valence electrons. The summed E-state index contributed by atoms with van der Waals surface area (Å²) in [5.74, 6) is 2.71. The summed E-state index contributed by atoms with van der Waals surface area (Å²) in [7, 11) is 0. The topological polar surface area (TPSA) is 47.0 Å². The molecule has 0 bridgehead atoms. The number of fused-ring (bicyclic) bond motifs is 1. The molecule has 4 rings (SSSR count). The van der Waals surface area contributed by atoms with Gasteiger partial charge >= 0.3 is 0 Å². The van der Waals surface area contributed by atoms with Crippen molar-refractivity contribution in [2.75, 3.05) is 19.0 Å².